The minimum Gasteiger partial charge on any atom is -0.478 e. The molecule has 0 aliphatic carbocycles. The Morgan fingerprint density at radius 1 is 1.18 bits per heavy atom. The van der Waals surface area contributed by atoms with E-state index in [1.165, 1.54) is 5.56 Å². The van der Waals surface area contributed by atoms with Crippen LogP contribution < -0.4 is 4.74 Å². The number of hydrogen-bond donors (Lipinski definition) is 1. The highest BCUT2D eigenvalue weighted by molar-refractivity contribution is 6.30. The van der Waals surface area contributed by atoms with Gasteiger partial charge in [0.25, 0.3) is 0 Å². The van der Waals surface area contributed by atoms with Crippen molar-refractivity contribution in [1.29, 1.82) is 0 Å². The molecule has 3 rings (SSSR count). The number of fused-ring (bicyclic) bond motifs is 1. The van der Waals surface area contributed by atoms with Crippen molar-refractivity contribution >= 4 is 17.6 Å². The van der Waals surface area contributed by atoms with E-state index in [1.807, 2.05) is 24.3 Å². The molecule has 0 fully saturated rings. The number of carboxylic acids is 1. The van der Waals surface area contributed by atoms with Crippen LogP contribution in [0.25, 0.3) is 0 Å². The first-order valence-corrected chi connectivity index (χ1v) is 7.64. The molecular weight excluding hydrogens is 300 g/mol. The van der Waals surface area contributed by atoms with Gasteiger partial charge in [-0.3, -0.25) is 0 Å². The number of aliphatic carboxylic acids is 1. The number of halogens is 1. The van der Waals surface area contributed by atoms with E-state index in [4.69, 9.17) is 16.3 Å². The molecule has 22 heavy (non-hydrogen) atoms. The summed E-state index contributed by atoms with van der Waals surface area (Å²) in [5.41, 5.74) is 3.00. The smallest absolute Gasteiger partial charge is 0.345 e. The Bertz CT molecular complexity index is 707. The van der Waals surface area contributed by atoms with Crippen LogP contribution in [-0.4, -0.2) is 17.2 Å². The van der Waals surface area contributed by atoms with Crippen LogP contribution in [-0.2, 0) is 4.79 Å². The normalized spacial score (nSPS) is 19.8. The largest absolute Gasteiger partial charge is 0.478 e. The molecule has 0 bridgehead atoms. The zero-order valence-electron chi connectivity index (χ0n) is 12.4. The number of ether oxygens (including phenoxy) is 1. The van der Waals surface area contributed by atoms with Crippen LogP contribution >= 0.6 is 11.6 Å². The molecule has 4 heteroatoms. The summed E-state index contributed by atoms with van der Waals surface area (Å²) in [7, 11) is 0. The van der Waals surface area contributed by atoms with Gasteiger partial charge in [0.05, 0.1) is 5.92 Å². The van der Waals surface area contributed by atoms with Gasteiger partial charge in [0.15, 0.2) is 0 Å². The fourth-order valence-corrected chi connectivity index (χ4v) is 2.99. The predicted octanol–water partition coefficient (Wildman–Crippen LogP) is 4.44. The summed E-state index contributed by atoms with van der Waals surface area (Å²) < 4.78 is 5.67. The van der Waals surface area contributed by atoms with Gasteiger partial charge in [-0.15, -0.1) is 0 Å². The summed E-state index contributed by atoms with van der Waals surface area (Å²) in [6.45, 7) is 4.23. The molecule has 2 atom stereocenters. The summed E-state index contributed by atoms with van der Waals surface area (Å²) >= 11 is 5.94. The molecule has 3 nitrogen and oxygen atoms in total. The highest BCUT2D eigenvalue weighted by Gasteiger charge is 2.40. The Hall–Kier alpha value is -2.00. The van der Waals surface area contributed by atoms with Crippen LogP contribution in [0, 0.1) is 0 Å². The number of hydrogen-bond acceptors (Lipinski definition) is 2. The van der Waals surface area contributed by atoms with Crippen LogP contribution in [0.15, 0.2) is 42.5 Å². The third kappa shape index (κ3) is 2.57. The molecule has 2 aromatic carbocycles. The maximum atomic E-state index is 11.6. The maximum Gasteiger partial charge on any atom is 0.345 e. The summed E-state index contributed by atoms with van der Waals surface area (Å²) in [6.07, 6.45) is -0.904. The molecule has 0 amide bonds. The van der Waals surface area contributed by atoms with Crippen LogP contribution in [0.5, 0.6) is 5.75 Å². The van der Waals surface area contributed by atoms with Crippen LogP contribution in [0.1, 0.15) is 42.4 Å². The van der Waals surface area contributed by atoms with E-state index in [0.717, 1.165) is 11.1 Å². The monoisotopic (exact) mass is 316 g/mol. The highest BCUT2D eigenvalue weighted by atomic mass is 35.5. The van der Waals surface area contributed by atoms with Gasteiger partial charge < -0.3 is 9.84 Å². The fourth-order valence-electron chi connectivity index (χ4n) is 2.86. The fraction of sp³-hybridized carbons (Fsp3) is 0.278. The Morgan fingerprint density at radius 2 is 1.86 bits per heavy atom. The average Bonchev–Trinajstić information content (AvgIpc) is 2.86. The Kier molecular flexibility index (Phi) is 3.83. The van der Waals surface area contributed by atoms with E-state index in [1.54, 1.807) is 12.1 Å². The van der Waals surface area contributed by atoms with Crippen molar-refractivity contribution in [2.75, 3.05) is 0 Å². The maximum absolute atomic E-state index is 11.6. The lowest BCUT2D eigenvalue weighted by atomic mass is 9.86. The van der Waals surface area contributed by atoms with Gasteiger partial charge in [0, 0.05) is 10.6 Å². The Labute approximate surface area is 134 Å². The molecule has 114 valence electrons. The molecule has 0 aromatic heterocycles. The first kappa shape index (κ1) is 14.9. The number of carbonyl (C=O) groups is 1. The molecule has 2 aromatic rings. The Balaban J connectivity index is 2.11. The van der Waals surface area contributed by atoms with Crippen molar-refractivity contribution < 1.29 is 14.6 Å². The second-order valence-electron chi connectivity index (χ2n) is 5.86. The van der Waals surface area contributed by atoms with Crippen molar-refractivity contribution in [2.45, 2.75) is 31.8 Å². The number of rotatable bonds is 3. The van der Waals surface area contributed by atoms with Gasteiger partial charge in [-0.1, -0.05) is 49.7 Å². The minimum absolute atomic E-state index is 0.316. The lowest BCUT2D eigenvalue weighted by Crippen LogP contribution is -2.29. The first-order chi connectivity index (χ1) is 10.5. The standard InChI is InChI=1S/C18H17ClO3/c1-10(2)12-5-8-15-14(9-12)16(17(22-15)18(20)21)11-3-6-13(19)7-4-11/h3-10,16-17H,1-2H3,(H,20,21)/t16-,17+/m1/s1. The summed E-state index contributed by atoms with van der Waals surface area (Å²) in [6, 6.07) is 13.2. The van der Waals surface area contributed by atoms with Crippen LogP contribution in [0.3, 0.4) is 0 Å². The molecule has 1 aliphatic heterocycles. The second-order valence-corrected chi connectivity index (χ2v) is 6.29. The highest BCUT2D eigenvalue weighted by Crippen LogP contribution is 2.43. The zero-order chi connectivity index (χ0) is 15.9. The lowest BCUT2D eigenvalue weighted by molar-refractivity contribution is -0.144. The minimum atomic E-state index is -0.956. The Morgan fingerprint density at radius 3 is 2.45 bits per heavy atom. The molecule has 0 saturated heterocycles. The molecule has 0 spiro atoms. The van der Waals surface area contributed by atoms with Gasteiger partial charge in [0.1, 0.15) is 5.75 Å². The van der Waals surface area contributed by atoms with Crippen LogP contribution in [0.2, 0.25) is 5.02 Å². The van der Waals surface area contributed by atoms with Gasteiger partial charge >= 0.3 is 5.97 Å². The molecule has 1 aliphatic rings. The van der Waals surface area contributed by atoms with E-state index >= 15 is 0 Å². The van der Waals surface area contributed by atoms with E-state index in [9.17, 15) is 9.90 Å². The van der Waals surface area contributed by atoms with Crippen molar-refractivity contribution in [2.24, 2.45) is 0 Å². The van der Waals surface area contributed by atoms with E-state index in [0.29, 0.717) is 16.7 Å². The van der Waals surface area contributed by atoms with E-state index in [-0.39, 0.29) is 5.92 Å². The zero-order valence-corrected chi connectivity index (χ0v) is 13.2. The first-order valence-electron chi connectivity index (χ1n) is 7.26. The second kappa shape index (κ2) is 5.65. The quantitative estimate of drug-likeness (QED) is 0.910. The summed E-state index contributed by atoms with van der Waals surface area (Å²) in [5, 5.41) is 10.1. The molecule has 1 N–H and O–H groups in total. The summed E-state index contributed by atoms with van der Waals surface area (Å²) in [4.78, 5) is 11.6. The van der Waals surface area contributed by atoms with E-state index in [2.05, 4.69) is 19.9 Å². The molecule has 0 radical (unpaired) electrons. The summed E-state index contributed by atoms with van der Waals surface area (Å²) in [5.74, 6) is -0.248. The third-order valence-electron chi connectivity index (χ3n) is 4.06. The van der Waals surface area contributed by atoms with Gasteiger partial charge in [-0.25, -0.2) is 4.79 Å². The SMILES string of the molecule is CC(C)c1ccc2c(c1)[C@@H](c1ccc(Cl)cc1)[C@@H](C(=O)O)O2. The van der Waals surface area contributed by atoms with Crippen molar-refractivity contribution in [1.82, 2.24) is 0 Å². The molecule has 0 unspecified atom stereocenters. The number of carboxylic acid groups (broad SMARTS) is 1. The topological polar surface area (TPSA) is 46.5 Å². The average molecular weight is 317 g/mol. The molecule has 1 heterocycles. The molecular formula is C18H17ClO3. The van der Waals surface area contributed by atoms with Crippen molar-refractivity contribution in [3.8, 4) is 5.75 Å². The van der Waals surface area contributed by atoms with E-state index < -0.39 is 12.1 Å². The molecule has 0 saturated carbocycles. The van der Waals surface area contributed by atoms with Gasteiger partial charge in [0.2, 0.25) is 6.10 Å². The van der Waals surface area contributed by atoms with Gasteiger partial charge in [-0.05, 0) is 35.2 Å². The predicted molar refractivity (Wildman–Crippen MR) is 85.9 cm³/mol. The van der Waals surface area contributed by atoms with Crippen LogP contribution in [0.4, 0.5) is 0 Å². The lowest BCUT2D eigenvalue weighted by Gasteiger charge is -2.16. The van der Waals surface area contributed by atoms with Crippen molar-refractivity contribution in [3.63, 3.8) is 0 Å². The van der Waals surface area contributed by atoms with Gasteiger partial charge in [-0.2, -0.15) is 0 Å². The third-order valence-corrected chi connectivity index (χ3v) is 4.32. The number of benzene rings is 2. The van der Waals surface area contributed by atoms with Crippen molar-refractivity contribution in [3.05, 3.63) is 64.2 Å².